The van der Waals surface area contributed by atoms with E-state index >= 15 is 0 Å². The Bertz CT molecular complexity index is 511. The van der Waals surface area contributed by atoms with Gasteiger partial charge in [0.05, 0.1) is 11.7 Å². The third-order valence-corrected chi connectivity index (χ3v) is 2.92. The average Bonchev–Trinajstić information content (AvgIpc) is 2.40. The van der Waals surface area contributed by atoms with Crippen molar-refractivity contribution in [3.05, 3.63) is 65.2 Å². The molecule has 1 atom stereocenters. The smallest absolute Gasteiger partial charge is 0.126 e. The van der Waals surface area contributed by atoms with Crippen molar-refractivity contribution >= 4 is 0 Å². The maximum atomic E-state index is 13.6. The second kappa shape index (κ2) is 5.74. The molecule has 1 heterocycles. The number of rotatable bonds is 4. The number of aryl methyl sites for hydroxylation is 1. The zero-order chi connectivity index (χ0) is 13.0. The lowest BCUT2D eigenvalue weighted by molar-refractivity contribution is 0.591. The van der Waals surface area contributed by atoms with E-state index < -0.39 is 0 Å². The van der Waals surface area contributed by atoms with Crippen molar-refractivity contribution in [1.29, 1.82) is 0 Å². The van der Waals surface area contributed by atoms with Crippen LogP contribution in [0.2, 0.25) is 0 Å². The summed E-state index contributed by atoms with van der Waals surface area (Å²) < 4.78 is 13.6. The number of halogens is 1. The molecule has 1 N–H and O–H groups in total. The lowest BCUT2D eigenvalue weighted by Gasteiger charge is -2.18. The van der Waals surface area contributed by atoms with Crippen LogP contribution >= 0.6 is 0 Å². The van der Waals surface area contributed by atoms with Crippen LogP contribution in [0.5, 0.6) is 0 Å². The standard InChI is InChI=1S/C15H17FN2/c1-3-17-15(14-6-4-5-9-18-14)12-8-7-11(2)13(16)10-12/h4-10,15,17H,3H2,1-2H3. The van der Waals surface area contributed by atoms with E-state index in [4.69, 9.17) is 0 Å². The molecular weight excluding hydrogens is 227 g/mol. The van der Waals surface area contributed by atoms with Crippen molar-refractivity contribution in [1.82, 2.24) is 10.3 Å². The van der Waals surface area contributed by atoms with Crippen molar-refractivity contribution in [3.63, 3.8) is 0 Å². The van der Waals surface area contributed by atoms with Gasteiger partial charge in [-0.05, 0) is 42.8 Å². The van der Waals surface area contributed by atoms with Gasteiger partial charge in [-0.1, -0.05) is 25.1 Å². The van der Waals surface area contributed by atoms with E-state index in [1.165, 1.54) is 0 Å². The second-order valence-electron chi connectivity index (χ2n) is 4.25. The van der Waals surface area contributed by atoms with Crippen LogP contribution in [0, 0.1) is 12.7 Å². The molecular formula is C15H17FN2. The molecule has 0 saturated carbocycles. The Balaban J connectivity index is 2.38. The van der Waals surface area contributed by atoms with E-state index in [2.05, 4.69) is 10.3 Å². The molecule has 0 aliphatic carbocycles. The van der Waals surface area contributed by atoms with Gasteiger partial charge in [-0.25, -0.2) is 4.39 Å². The fraction of sp³-hybridized carbons (Fsp3) is 0.267. The van der Waals surface area contributed by atoms with Gasteiger partial charge in [0.1, 0.15) is 5.82 Å². The topological polar surface area (TPSA) is 24.9 Å². The first-order valence-electron chi connectivity index (χ1n) is 6.12. The van der Waals surface area contributed by atoms with Gasteiger partial charge in [0.15, 0.2) is 0 Å². The molecule has 1 unspecified atom stereocenters. The SMILES string of the molecule is CCNC(c1ccc(C)c(F)c1)c1ccccn1. The minimum atomic E-state index is -0.175. The van der Waals surface area contributed by atoms with Crippen LogP contribution in [0.25, 0.3) is 0 Å². The Labute approximate surface area is 107 Å². The lowest BCUT2D eigenvalue weighted by atomic mass is 10.0. The van der Waals surface area contributed by atoms with Crippen molar-refractivity contribution in [3.8, 4) is 0 Å². The number of hydrogen-bond acceptors (Lipinski definition) is 2. The van der Waals surface area contributed by atoms with E-state index in [0.29, 0.717) is 5.56 Å². The lowest BCUT2D eigenvalue weighted by Crippen LogP contribution is -2.23. The monoisotopic (exact) mass is 244 g/mol. The number of hydrogen-bond donors (Lipinski definition) is 1. The summed E-state index contributed by atoms with van der Waals surface area (Å²) in [5.41, 5.74) is 2.47. The fourth-order valence-corrected chi connectivity index (χ4v) is 1.93. The van der Waals surface area contributed by atoms with E-state index in [9.17, 15) is 4.39 Å². The summed E-state index contributed by atoms with van der Waals surface area (Å²) in [5.74, 6) is -0.175. The van der Waals surface area contributed by atoms with E-state index in [1.54, 1.807) is 25.3 Å². The first-order chi connectivity index (χ1) is 8.72. The minimum absolute atomic E-state index is 0.0636. The predicted molar refractivity (Wildman–Crippen MR) is 70.9 cm³/mol. The van der Waals surface area contributed by atoms with Crippen molar-refractivity contribution in [2.24, 2.45) is 0 Å². The molecule has 0 spiro atoms. The maximum Gasteiger partial charge on any atom is 0.126 e. The molecule has 2 nitrogen and oxygen atoms in total. The number of benzene rings is 1. The maximum absolute atomic E-state index is 13.6. The molecule has 0 saturated heterocycles. The highest BCUT2D eigenvalue weighted by molar-refractivity contribution is 5.31. The molecule has 1 aromatic carbocycles. The van der Waals surface area contributed by atoms with Gasteiger partial charge in [0.2, 0.25) is 0 Å². The summed E-state index contributed by atoms with van der Waals surface area (Å²) in [6.07, 6.45) is 1.75. The van der Waals surface area contributed by atoms with Crippen LogP contribution in [-0.4, -0.2) is 11.5 Å². The summed E-state index contributed by atoms with van der Waals surface area (Å²) in [6.45, 7) is 4.60. The van der Waals surface area contributed by atoms with Crippen LogP contribution in [0.3, 0.4) is 0 Å². The number of pyridine rings is 1. The summed E-state index contributed by atoms with van der Waals surface area (Å²) in [7, 11) is 0. The Morgan fingerprint density at radius 3 is 2.72 bits per heavy atom. The molecule has 0 amide bonds. The highest BCUT2D eigenvalue weighted by Crippen LogP contribution is 2.22. The van der Waals surface area contributed by atoms with Crippen molar-refractivity contribution < 1.29 is 4.39 Å². The summed E-state index contributed by atoms with van der Waals surface area (Å²) >= 11 is 0. The third kappa shape index (κ3) is 2.74. The number of nitrogens with zero attached hydrogens (tertiary/aromatic N) is 1. The predicted octanol–water partition coefficient (Wildman–Crippen LogP) is 3.23. The van der Waals surface area contributed by atoms with Gasteiger partial charge in [0.25, 0.3) is 0 Å². The van der Waals surface area contributed by atoms with Crippen LogP contribution in [0.1, 0.15) is 29.8 Å². The van der Waals surface area contributed by atoms with E-state index in [1.807, 2.05) is 31.2 Å². The highest BCUT2D eigenvalue weighted by atomic mass is 19.1. The average molecular weight is 244 g/mol. The van der Waals surface area contributed by atoms with Crippen LogP contribution in [-0.2, 0) is 0 Å². The quantitative estimate of drug-likeness (QED) is 0.893. The van der Waals surface area contributed by atoms with Crippen LogP contribution in [0.4, 0.5) is 4.39 Å². The number of nitrogens with one attached hydrogen (secondary N) is 1. The second-order valence-corrected chi connectivity index (χ2v) is 4.25. The van der Waals surface area contributed by atoms with Crippen LogP contribution < -0.4 is 5.32 Å². The Hall–Kier alpha value is -1.74. The van der Waals surface area contributed by atoms with Gasteiger partial charge in [0, 0.05) is 6.20 Å². The Kier molecular flexibility index (Phi) is 4.05. The van der Waals surface area contributed by atoms with E-state index in [0.717, 1.165) is 17.8 Å². The van der Waals surface area contributed by atoms with E-state index in [-0.39, 0.29) is 11.9 Å². The third-order valence-electron chi connectivity index (χ3n) is 2.92. The van der Waals surface area contributed by atoms with Crippen LogP contribution in [0.15, 0.2) is 42.6 Å². The Morgan fingerprint density at radius 1 is 1.28 bits per heavy atom. The highest BCUT2D eigenvalue weighted by Gasteiger charge is 2.14. The molecule has 18 heavy (non-hydrogen) atoms. The summed E-state index contributed by atoms with van der Waals surface area (Å²) in [6, 6.07) is 11.0. The van der Waals surface area contributed by atoms with Gasteiger partial charge in [-0.15, -0.1) is 0 Å². The normalized spacial score (nSPS) is 12.4. The Morgan fingerprint density at radius 2 is 2.11 bits per heavy atom. The molecule has 0 fully saturated rings. The zero-order valence-corrected chi connectivity index (χ0v) is 10.7. The molecule has 3 heteroatoms. The molecule has 0 aliphatic heterocycles. The van der Waals surface area contributed by atoms with Crippen molar-refractivity contribution in [2.75, 3.05) is 6.54 Å². The van der Waals surface area contributed by atoms with Gasteiger partial charge >= 0.3 is 0 Å². The molecule has 0 radical (unpaired) electrons. The largest absolute Gasteiger partial charge is 0.305 e. The zero-order valence-electron chi connectivity index (χ0n) is 10.7. The van der Waals surface area contributed by atoms with Gasteiger partial charge in [-0.2, -0.15) is 0 Å². The molecule has 1 aromatic heterocycles. The molecule has 2 rings (SSSR count). The van der Waals surface area contributed by atoms with Crippen molar-refractivity contribution in [2.45, 2.75) is 19.9 Å². The molecule has 0 aliphatic rings. The molecule has 0 bridgehead atoms. The first kappa shape index (κ1) is 12.7. The van der Waals surface area contributed by atoms with Gasteiger partial charge < -0.3 is 5.32 Å². The summed E-state index contributed by atoms with van der Waals surface area (Å²) in [4.78, 5) is 4.34. The molecule has 94 valence electrons. The molecule has 2 aromatic rings. The fourth-order valence-electron chi connectivity index (χ4n) is 1.93. The first-order valence-corrected chi connectivity index (χ1v) is 6.12. The summed E-state index contributed by atoms with van der Waals surface area (Å²) in [5, 5.41) is 3.33. The minimum Gasteiger partial charge on any atom is -0.305 e. The van der Waals surface area contributed by atoms with Gasteiger partial charge in [-0.3, -0.25) is 4.98 Å². The number of aromatic nitrogens is 1.